The van der Waals surface area contributed by atoms with E-state index in [2.05, 4.69) is 10.3 Å². The first-order valence-electron chi connectivity index (χ1n) is 4.87. The molecule has 1 atom stereocenters. The van der Waals surface area contributed by atoms with Gasteiger partial charge in [0.15, 0.2) is 0 Å². The topological polar surface area (TPSA) is 93.2 Å². The normalized spacial score (nSPS) is 13.6. The first kappa shape index (κ1) is 12.4. The van der Waals surface area contributed by atoms with E-state index >= 15 is 0 Å². The molecule has 0 amide bonds. The largest absolute Gasteiger partial charge is 0.406 e. The van der Waals surface area contributed by atoms with E-state index in [1.165, 1.54) is 10.9 Å². The van der Waals surface area contributed by atoms with Crippen LogP contribution in [0.1, 0.15) is 20.8 Å². The molecule has 0 saturated carbocycles. The minimum Gasteiger partial charge on any atom is -0.391 e. The molecular weight excluding hydrogens is 212 g/mol. The first-order valence-corrected chi connectivity index (χ1v) is 4.87. The van der Waals surface area contributed by atoms with Crippen molar-refractivity contribution in [1.82, 2.24) is 9.55 Å². The fraction of sp³-hybridized carbons (Fsp3) is 0.667. The summed E-state index contributed by atoms with van der Waals surface area (Å²) >= 11 is 0. The van der Waals surface area contributed by atoms with Crippen LogP contribution in [-0.4, -0.2) is 31.2 Å². The Labute approximate surface area is 93.3 Å². The van der Waals surface area contributed by atoms with Crippen molar-refractivity contribution in [3.05, 3.63) is 16.4 Å². The number of imidazole rings is 1. The van der Waals surface area contributed by atoms with Crippen LogP contribution >= 0.6 is 0 Å². The van der Waals surface area contributed by atoms with Crippen LogP contribution in [0, 0.1) is 10.1 Å². The van der Waals surface area contributed by atoms with Crippen molar-refractivity contribution in [3.8, 4) is 0 Å². The van der Waals surface area contributed by atoms with Crippen molar-refractivity contribution >= 4 is 11.6 Å². The monoisotopic (exact) mass is 228 g/mol. The van der Waals surface area contributed by atoms with Crippen LogP contribution in [0.3, 0.4) is 0 Å². The summed E-state index contributed by atoms with van der Waals surface area (Å²) in [6.07, 6.45) is 0.709. The summed E-state index contributed by atoms with van der Waals surface area (Å²) in [6.45, 7) is 5.14. The molecule has 0 saturated heterocycles. The van der Waals surface area contributed by atoms with E-state index < -0.39 is 16.6 Å². The fourth-order valence-electron chi connectivity index (χ4n) is 1.11. The van der Waals surface area contributed by atoms with E-state index in [0.717, 1.165) is 0 Å². The number of nitrogens with zero attached hydrogens (tertiary/aromatic N) is 3. The van der Waals surface area contributed by atoms with Crippen LogP contribution < -0.4 is 5.32 Å². The van der Waals surface area contributed by atoms with E-state index in [1.807, 2.05) is 0 Å². The molecule has 0 aliphatic rings. The van der Waals surface area contributed by atoms with E-state index in [-0.39, 0.29) is 11.6 Å². The summed E-state index contributed by atoms with van der Waals surface area (Å²) in [5, 5.41) is 23.2. The van der Waals surface area contributed by atoms with Crippen molar-refractivity contribution in [2.75, 3.05) is 5.32 Å². The van der Waals surface area contributed by atoms with Crippen LogP contribution in [0.15, 0.2) is 6.33 Å². The number of hydrogen-bond donors (Lipinski definition) is 2. The third kappa shape index (κ3) is 2.30. The second-order valence-electron chi connectivity index (χ2n) is 4.31. The van der Waals surface area contributed by atoms with Crippen LogP contribution in [0.2, 0.25) is 0 Å². The SMILES string of the molecule is CC(O)C(C)(C)Nc1c([N+](=O)[O-])ncn1C. The molecule has 1 heterocycles. The molecule has 0 radical (unpaired) electrons. The Morgan fingerprint density at radius 3 is 2.69 bits per heavy atom. The number of anilines is 1. The highest BCUT2D eigenvalue weighted by atomic mass is 16.6. The van der Waals surface area contributed by atoms with Crippen LogP contribution in [0.4, 0.5) is 11.6 Å². The quantitative estimate of drug-likeness (QED) is 0.590. The minimum atomic E-state index is -0.668. The Morgan fingerprint density at radius 1 is 1.69 bits per heavy atom. The first-order chi connectivity index (χ1) is 7.25. The lowest BCUT2D eigenvalue weighted by Gasteiger charge is -2.29. The number of rotatable bonds is 4. The van der Waals surface area contributed by atoms with E-state index in [0.29, 0.717) is 0 Å². The van der Waals surface area contributed by atoms with Crippen LogP contribution in [0.5, 0.6) is 0 Å². The molecule has 0 aliphatic carbocycles. The molecule has 7 nitrogen and oxygen atoms in total. The Kier molecular flexibility index (Phi) is 3.18. The molecule has 2 N–H and O–H groups in total. The number of nitro groups is 1. The van der Waals surface area contributed by atoms with E-state index in [9.17, 15) is 15.2 Å². The maximum absolute atomic E-state index is 10.7. The highest BCUT2D eigenvalue weighted by Gasteiger charge is 2.29. The van der Waals surface area contributed by atoms with Gasteiger partial charge in [-0.15, -0.1) is 0 Å². The summed E-state index contributed by atoms with van der Waals surface area (Å²) in [6, 6.07) is 0. The number of aliphatic hydroxyl groups is 1. The van der Waals surface area contributed by atoms with Crippen LogP contribution in [-0.2, 0) is 7.05 Å². The van der Waals surface area contributed by atoms with Gasteiger partial charge in [-0.25, -0.2) is 0 Å². The molecule has 1 unspecified atom stereocenters. The summed E-state index contributed by atoms with van der Waals surface area (Å²) in [7, 11) is 1.65. The third-order valence-electron chi connectivity index (χ3n) is 2.58. The van der Waals surface area contributed by atoms with Gasteiger partial charge in [0.05, 0.1) is 11.6 Å². The lowest BCUT2D eigenvalue weighted by molar-refractivity contribution is -0.388. The van der Waals surface area contributed by atoms with Crippen molar-refractivity contribution < 1.29 is 10.0 Å². The van der Waals surface area contributed by atoms with E-state index in [4.69, 9.17) is 0 Å². The summed E-state index contributed by atoms with van der Waals surface area (Å²) in [5.41, 5.74) is -0.668. The van der Waals surface area contributed by atoms with Gasteiger partial charge in [0.1, 0.15) is 0 Å². The molecular formula is C9H16N4O3. The molecule has 7 heteroatoms. The Balaban J connectivity index is 3.05. The van der Waals surface area contributed by atoms with Gasteiger partial charge >= 0.3 is 5.82 Å². The van der Waals surface area contributed by atoms with Gasteiger partial charge in [-0.2, -0.15) is 0 Å². The molecule has 1 aromatic heterocycles. The van der Waals surface area contributed by atoms with Crippen molar-refractivity contribution in [2.45, 2.75) is 32.4 Å². The van der Waals surface area contributed by atoms with Gasteiger partial charge in [0.2, 0.25) is 12.1 Å². The smallest absolute Gasteiger partial charge is 0.391 e. The van der Waals surface area contributed by atoms with Crippen molar-refractivity contribution in [3.63, 3.8) is 0 Å². The predicted molar refractivity (Wildman–Crippen MR) is 59.2 cm³/mol. The Morgan fingerprint density at radius 2 is 2.25 bits per heavy atom. The number of aromatic nitrogens is 2. The van der Waals surface area contributed by atoms with Crippen LogP contribution in [0.25, 0.3) is 0 Å². The molecule has 0 aliphatic heterocycles. The second kappa shape index (κ2) is 4.09. The van der Waals surface area contributed by atoms with Gasteiger partial charge in [0.25, 0.3) is 0 Å². The number of hydrogen-bond acceptors (Lipinski definition) is 5. The van der Waals surface area contributed by atoms with Gasteiger partial charge < -0.3 is 20.5 Å². The molecule has 0 aromatic carbocycles. The van der Waals surface area contributed by atoms with Crippen molar-refractivity contribution in [1.29, 1.82) is 0 Å². The lowest BCUT2D eigenvalue weighted by atomic mass is 9.99. The molecule has 0 fully saturated rings. The molecule has 90 valence electrons. The number of nitrogens with one attached hydrogen (secondary N) is 1. The average Bonchev–Trinajstić information content (AvgIpc) is 2.47. The Bertz CT molecular complexity index is 397. The highest BCUT2D eigenvalue weighted by molar-refractivity contribution is 5.53. The van der Waals surface area contributed by atoms with Gasteiger partial charge in [-0.1, -0.05) is 0 Å². The maximum atomic E-state index is 10.7. The third-order valence-corrected chi connectivity index (χ3v) is 2.58. The van der Waals surface area contributed by atoms with Gasteiger partial charge in [-0.3, -0.25) is 4.57 Å². The molecule has 16 heavy (non-hydrogen) atoms. The zero-order chi connectivity index (χ0) is 12.5. The van der Waals surface area contributed by atoms with Gasteiger partial charge in [-0.05, 0) is 30.7 Å². The minimum absolute atomic E-state index is 0.240. The second-order valence-corrected chi connectivity index (χ2v) is 4.31. The van der Waals surface area contributed by atoms with Gasteiger partial charge in [0, 0.05) is 7.05 Å². The van der Waals surface area contributed by atoms with Crippen molar-refractivity contribution in [2.24, 2.45) is 7.05 Å². The molecule has 0 bridgehead atoms. The molecule has 1 rings (SSSR count). The molecule has 0 spiro atoms. The zero-order valence-corrected chi connectivity index (χ0v) is 9.76. The van der Waals surface area contributed by atoms with E-state index in [1.54, 1.807) is 27.8 Å². The predicted octanol–water partition coefficient (Wildman–Crippen LogP) is 0.900. The Hall–Kier alpha value is -1.63. The standard InChI is InChI=1S/C9H16N4O3/c1-6(14)9(2,3)11-8-7(13(15)16)10-5-12(8)4/h5-6,11,14H,1-4H3. The average molecular weight is 228 g/mol. The molecule has 1 aromatic rings. The summed E-state index contributed by atoms with van der Waals surface area (Å²) < 4.78 is 1.52. The lowest BCUT2D eigenvalue weighted by Crippen LogP contribution is -2.42. The summed E-state index contributed by atoms with van der Waals surface area (Å²) in [4.78, 5) is 13.8. The highest BCUT2D eigenvalue weighted by Crippen LogP contribution is 2.25. The summed E-state index contributed by atoms with van der Waals surface area (Å²) in [5.74, 6) is 0.0483. The zero-order valence-electron chi connectivity index (χ0n) is 9.76. The number of aryl methyl sites for hydroxylation is 1. The maximum Gasteiger partial charge on any atom is 0.406 e. The fourth-order valence-corrected chi connectivity index (χ4v) is 1.11. The number of aliphatic hydroxyl groups excluding tert-OH is 1.